The van der Waals surface area contributed by atoms with Gasteiger partial charge in [0.1, 0.15) is 0 Å². The van der Waals surface area contributed by atoms with E-state index in [1.807, 2.05) is 0 Å². The lowest BCUT2D eigenvalue weighted by Crippen LogP contribution is -2.14. The lowest BCUT2D eigenvalue weighted by Gasteiger charge is -2.32. The summed E-state index contributed by atoms with van der Waals surface area (Å²) >= 11 is 0. The van der Waals surface area contributed by atoms with Crippen LogP contribution < -0.4 is 19.6 Å². The number of hydrogen-bond acceptors (Lipinski definition) is 4. The molecular weight excluding hydrogens is 1790 g/mol. The fourth-order valence-corrected chi connectivity index (χ4v) is 23.2. The summed E-state index contributed by atoms with van der Waals surface area (Å²) in [6, 6.07) is 165. The molecule has 0 heterocycles. The zero-order valence-corrected chi connectivity index (χ0v) is 87.4. The maximum Gasteiger partial charge on any atom is 0.0540 e. The fraction of sp³-hybridized carbons (Fsp3) is 0.111. The highest BCUT2D eigenvalue weighted by atomic mass is 15.2. The van der Waals surface area contributed by atoms with Crippen molar-refractivity contribution in [3.8, 4) is 89.0 Å². The summed E-state index contributed by atoms with van der Waals surface area (Å²) in [7, 11) is 0. The van der Waals surface area contributed by atoms with Crippen LogP contribution in [0.25, 0.3) is 154 Å². The summed E-state index contributed by atoms with van der Waals surface area (Å²) < 4.78 is 0. The minimum absolute atomic E-state index is 1.11. The molecule has 4 heteroatoms. The normalized spacial score (nSPS) is 11.5. The van der Waals surface area contributed by atoms with Crippen LogP contribution in [0.2, 0.25) is 0 Å². The fourth-order valence-electron chi connectivity index (χ4n) is 23.2. The van der Waals surface area contributed by atoms with Crippen LogP contribution >= 0.6 is 0 Å². The van der Waals surface area contributed by atoms with Crippen LogP contribution in [-0.2, 0) is 0 Å². The maximum absolute atomic E-state index is 2.54. The van der Waals surface area contributed by atoms with Crippen LogP contribution in [0.1, 0.15) is 89.0 Å². The van der Waals surface area contributed by atoms with E-state index in [1.165, 1.54) is 254 Å². The number of para-hydroxylation sites is 2. The topological polar surface area (TPSA) is 13.0 Å². The predicted octanol–water partition coefficient (Wildman–Crippen LogP) is 41.3. The Morgan fingerprint density at radius 1 is 0.122 bits per heavy atom. The molecule has 0 amide bonds. The zero-order chi connectivity index (χ0) is 102. The van der Waals surface area contributed by atoms with Crippen molar-refractivity contribution in [2.45, 2.75) is 111 Å². The first-order valence-corrected chi connectivity index (χ1v) is 51.9. The highest BCUT2D eigenvalue weighted by molar-refractivity contribution is 6.30. The van der Waals surface area contributed by atoms with Crippen molar-refractivity contribution >= 4 is 133 Å². The van der Waals surface area contributed by atoms with Gasteiger partial charge in [0.25, 0.3) is 0 Å². The van der Waals surface area contributed by atoms with E-state index in [0.29, 0.717) is 0 Å². The van der Waals surface area contributed by atoms with Gasteiger partial charge in [0.2, 0.25) is 0 Å². The van der Waals surface area contributed by atoms with E-state index in [4.69, 9.17) is 0 Å². The Bertz CT molecular complexity index is 8510. The van der Waals surface area contributed by atoms with E-state index < -0.39 is 0 Å². The van der Waals surface area contributed by atoms with Crippen LogP contribution in [-0.4, -0.2) is 0 Å². The third kappa shape index (κ3) is 18.0. The lowest BCUT2D eigenvalue weighted by atomic mass is 9.90. The number of aryl methyl sites for hydroxylation is 16. The van der Waals surface area contributed by atoms with Gasteiger partial charge in [-0.2, -0.15) is 0 Å². The molecule has 148 heavy (non-hydrogen) atoms. The van der Waals surface area contributed by atoms with Gasteiger partial charge in [-0.1, -0.05) is 383 Å². The molecular formula is C144H120N4. The molecule has 24 aromatic carbocycles. The van der Waals surface area contributed by atoms with E-state index in [9.17, 15) is 0 Å². The van der Waals surface area contributed by atoms with Gasteiger partial charge in [-0.15, -0.1) is 0 Å². The van der Waals surface area contributed by atoms with Crippen molar-refractivity contribution in [1.82, 2.24) is 0 Å². The van der Waals surface area contributed by atoms with Crippen molar-refractivity contribution in [3.63, 3.8) is 0 Å². The van der Waals surface area contributed by atoms with E-state index in [0.717, 1.165) is 56.9 Å². The van der Waals surface area contributed by atoms with Gasteiger partial charge in [-0.25, -0.2) is 0 Å². The Labute approximate surface area is 871 Å². The van der Waals surface area contributed by atoms with Crippen LogP contribution in [0.15, 0.2) is 437 Å². The molecule has 4 nitrogen and oxygen atoms in total. The van der Waals surface area contributed by atoms with Crippen molar-refractivity contribution in [2.24, 2.45) is 0 Å². The highest BCUT2D eigenvalue weighted by Crippen LogP contribution is 2.55. The Morgan fingerprint density at radius 3 is 0.500 bits per heavy atom. The third-order valence-electron chi connectivity index (χ3n) is 30.2. The quantitative estimate of drug-likeness (QED) is 0.0705. The van der Waals surface area contributed by atoms with Gasteiger partial charge < -0.3 is 19.6 Å². The highest BCUT2D eigenvalue weighted by Gasteiger charge is 2.31. The molecule has 0 atom stereocenters. The first-order chi connectivity index (χ1) is 71.9. The molecule has 24 aromatic rings. The summed E-state index contributed by atoms with van der Waals surface area (Å²) in [4.78, 5) is 10.1. The molecule has 0 saturated heterocycles. The van der Waals surface area contributed by atoms with Crippen molar-refractivity contribution in [1.29, 1.82) is 0 Å². The lowest BCUT2D eigenvalue weighted by molar-refractivity contribution is 1.23. The smallest absolute Gasteiger partial charge is 0.0540 e. The SMILES string of the molecule is Cc1cccc(-c2cc(-c3cccc(C)c3)cc(N(c3c(C)cccc3C)c3ccc4ccc5c(N(c6cc(-c7cccc(C)c7)cc(-c7cccc(C)c7)c6)c6c(C)cccc6C)ccc6ccc3c4c65)c2)c1.Cc1cccc(-c2cc(-c3cccc(C)c3)cc(N(c3ccc(C)cc3C)c3ccc4ccc5c(N(c6cc(-c7cccc(C)c7)cc(-c7cccc(C)c7)c6)c6ccc(C)cc6C)ccc6ccc3c4c65)c2)c1. The van der Waals surface area contributed by atoms with E-state index in [1.54, 1.807) is 0 Å². The standard InChI is InChI=1S/2C72H60N2/c1-45-15-9-23-55(35-45)59-39-60(56-24-10-16-46(2)36-56)42-63(41-59)73(71-49(5)19-13-20-50(71)6)67-33-29-53-28-32-66-68(34-30-54-27-31-65(67)69(53)70(54)66)74(72-51(7)21-14-22-52(72)8)64-43-61(57-25-11-17-47(3)37-57)40-62(44-64)58-26-12-18-48(4)38-58;1-45-13-9-17-55(35-45)59-39-60(56-18-10-14-46(2)36-56)42-63(41-59)73(67-29-21-49(5)33-51(67)7)69-31-25-53-24-28-66-70(32-26-54-23-27-65(69)71(53)72(54)66)74(68-30-22-50(6)34-52(68)8)64-43-61(57-19-11-15-47(3)37-57)40-62(44-64)58-20-12-16-48(4)38-58/h2*9-44H,1-8H3. The van der Waals surface area contributed by atoms with Crippen molar-refractivity contribution in [2.75, 3.05) is 19.6 Å². The van der Waals surface area contributed by atoms with Crippen LogP contribution in [0.4, 0.5) is 68.2 Å². The number of hydrogen-bond donors (Lipinski definition) is 0. The first-order valence-electron chi connectivity index (χ1n) is 51.9. The van der Waals surface area contributed by atoms with Crippen molar-refractivity contribution < 1.29 is 0 Å². The molecule has 0 spiro atoms. The second-order valence-corrected chi connectivity index (χ2v) is 41.6. The Hall–Kier alpha value is -17.4. The second-order valence-electron chi connectivity index (χ2n) is 41.6. The molecule has 0 aliphatic heterocycles. The summed E-state index contributed by atoms with van der Waals surface area (Å²) in [6.45, 7) is 35.3. The number of rotatable bonds is 20. The predicted molar refractivity (Wildman–Crippen MR) is 638 cm³/mol. The summed E-state index contributed by atoms with van der Waals surface area (Å²) in [5.41, 5.74) is 52.6. The molecule has 0 aliphatic carbocycles. The van der Waals surface area contributed by atoms with Crippen molar-refractivity contribution in [3.05, 3.63) is 526 Å². The first kappa shape index (κ1) is 94.2. The molecule has 0 radical (unpaired) electrons. The number of benzene rings is 24. The van der Waals surface area contributed by atoms with Gasteiger partial charge in [0.05, 0.1) is 34.1 Å². The molecule has 0 aromatic heterocycles. The number of anilines is 12. The third-order valence-corrected chi connectivity index (χ3v) is 30.2. The summed E-state index contributed by atoms with van der Waals surface area (Å²) in [5.74, 6) is 0. The average molecular weight is 1910 g/mol. The molecule has 24 rings (SSSR count). The van der Waals surface area contributed by atoms with Crippen LogP contribution in [0, 0.1) is 111 Å². The molecule has 0 fully saturated rings. The summed E-state index contributed by atoms with van der Waals surface area (Å²) in [6.07, 6.45) is 0. The largest absolute Gasteiger partial charge is 0.310 e. The number of nitrogens with zero attached hydrogens (tertiary/aromatic N) is 4. The van der Waals surface area contributed by atoms with Crippen LogP contribution in [0.5, 0.6) is 0 Å². The van der Waals surface area contributed by atoms with Gasteiger partial charge in [-0.05, 0) is 385 Å². The Kier molecular flexibility index (Phi) is 24.8. The van der Waals surface area contributed by atoms with Crippen LogP contribution in [0.3, 0.4) is 0 Å². The van der Waals surface area contributed by atoms with E-state index in [-0.39, 0.29) is 0 Å². The molecule has 0 N–H and O–H groups in total. The zero-order valence-electron chi connectivity index (χ0n) is 87.4. The van der Waals surface area contributed by atoms with Gasteiger partial charge in [0.15, 0.2) is 0 Å². The molecule has 0 aliphatic rings. The van der Waals surface area contributed by atoms with Gasteiger partial charge >= 0.3 is 0 Å². The molecule has 0 bridgehead atoms. The summed E-state index contributed by atoms with van der Waals surface area (Å²) in [5, 5.41) is 14.8. The minimum Gasteiger partial charge on any atom is -0.310 e. The van der Waals surface area contributed by atoms with Gasteiger partial charge in [-0.3, -0.25) is 0 Å². The average Bonchev–Trinajstić information content (AvgIpc) is 0.717. The second kappa shape index (κ2) is 38.9. The Morgan fingerprint density at radius 2 is 0.297 bits per heavy atom. The monoisotopic (exact) mass is 1900 g/mol. The minimum atomic E-state index is 1.11. The molecule has 716 valence electrons. The maximum atomic E-state index is 2.54. The Balaban J connectivity index is 0.000000163. The van der Waals surface area contributed by atoms with E-state index in [2.05, 4.69) is 567 Å². The molecule has 0 unspecified atom stereocenters. The van der Waals surface area contributed by atoms with E-state index >= 15 is 0 Å². The molecule has 0 saturated carbocycles. The van der Waals surface area contributed by atoms with Gasteiger partial charge in [0, 0.05) is 55.7 Å².